The number of aliphatic hydroxyl groups excluding tert-OH is 1. The van der Waals surface area contributed by atoms with Crippen LogP contribution in [0.1, 0.15) is 17.6 Å². The molecule has 108 valence electrons. The molecule has 1 unspecified atom stereocenters. The van der Waals surface area contributed by atoms with Crippen molar-refractivity contribution in [2.24, 2.45) is 7.05 Å². The van der Waals surface area contributed by atoms with E-state index >= 15 is 0 Å². The zero-order valence-electron chi connectivity index (χ0n) is 12.0. The lowest BCUT2D eigenvalue weighted by molar-refractivity contribution is 0.169. The van der Waals surface area contributed by atoms with Crippen LogP contribution in [0.3, 0.4) is 0 Å². The monoisotopic (exact) mass is 283 g/mol. The van der Waals surface area contributed by atoms with Crippen LogP contribution in [0.2, 0.25) is 0 Å². The number of imidazole rings is 1. The van der Waals surface area contributed by atoms with Gasteiger partial charge in [-0.25, -0.2) is 9.97 Å². The molecule has 3 aromatic rings. The van der Waals surface area contributed by atoms with E-state index in [9.17, 15) is 5.11 Å². The van der Waals surface area contributed by atoms with Gasteiger partial charge in [0.25, 0.3) is 0 Å². The van der Waals surface area contributed by atoms with Gasteiger partial charge in [0, 0.05) is 19.5 Å². The lowest BCUT2D eigenvalue weighted by Gasteiger charge is -2.11. The standard InChI is InChI=1S/C16H17N3O2/c1-19-13-8-4-3-6-11(13)17-15(19)10-14(20)12-7-5-9-16(18-12)21-2/h3-9,14,20H,10H2,1-2H3. The number of para-hydroxylation sites is 2. The third-order valence-corrected chi connectivity index (χ3v) is 3.55. The van der Waals surface area contributed by atoms with Gasteiger partial charge >= 0.3 is 0 Å². The van der Waals surface area contributed by atoms with E-state index in [1.807, 2.05) is 41.9 Å². The van der Waals surface area contributed by atoms with Gasteiger partial charge in [0.05, 0.1) is 23.8 Å². The van der Waals surface area contributed by atoms with Gasteiger partial charge in [0.15, 0.2) is 0 Å². The smallest absolute Gasteiger partial charge is 0.213 e. The van der Waals surface area contributed by atoms with Crippen LogP contribution in [0.5, 0.6) is 5.88 Å². The average molecular weight is 283 g/mol. The molecular formula is C16H17N3O2. The Hall–Kier alpha value is -2.40. The number of rotatable bonds is 4. The number of aromatic nitrogens is 3. The van der Waals surface area contributed by atoms with Gasteiger partial charge in [-0.05, 0) is 18.2 Å². The number of hydrogen-bond donors (Lipinski definition) is 1. The largest absolute Gasteiger partial charge is 0.481 e. The molecule has 0 saturated carbocycles. The molecule has 5 heteroatoms. The van der Waals surface area contributed by atoms with Crippen molar-refractivity contribution >= 4 is 11.0 Å². The van der Waals surface area contributed by atoms with Crippen LogP contribution in [0.15, 0.2) is 42.5 Å². The summed E-state index contributed by atoms with van der Waals surface area (Å²) in [5.41, 5.74) is 2.57. The Morgan fingerprint density at radius 2 is 1.95 bits per heavy atom. The van der Waals surface area contributed by atoms with Crippen molar-refractivity contribution in [3.8, 4) is 5.88 Å². The molecule has 1 N–H and O–H groups in total. The van der Waals surface area contributed by atoms with E-state index in [1.165, 1.54) is 0 Å². The number of aliphatic hydroxyl groups is 1. The molecule has 2 heterocycles. The molecular weight excluding hydrogens is 266 g/mol. The molecule has 0 fully saturated rings. The van der Waals surface area contributed by atoms with Crippen LogP contribution in [0.4, 0.5) is 0 Å². The second-order valence-electron chi connectivity index (χ2n) is 4.90. The van der Waals surface area contributed by atoms with Gasteiger partial charge in [-0.2, -0.15) is 0 Å². The second kappa shape index (κ2) is 5.54. The number of fused-ring (bicyclic) bond motifs is 1. The molecule has 0 amide bonds. The third kappa shape index (κ3) is 2.60. The molecule has 2 aromatic heterocycles. The van der Waals surface area contributed by atoms with Crippen LogP contribution in [0, 0.1) is 0 Å². The molecule has 0 saturated heterocycles. The number of pyridine rings is 1. The summed E-state index contributed by atoms with van der Waals surface area (Å²) >= 11 is 0. The van der Waals surface area contributed by atoms with E-state index < -0.39 is 6.10 Å². The van der Waals surface area contributed by atoms with E-state index in [0.717, 1.165) is 16.9 Å². The number of methoxy groups -OCH3 is 1. The first kappa shape index (κ1) is 13.6. The summed E-state index contributed by atoms with van der Waals surface area (Å²) in [6, 6.07) is 13.3. The molecule has 0 aliphatic carbocycles. The molecule has 0 aliphatic heterocycles. The third-order valence-electron chi connectivity index (χ3n) is 3.55. The molecule has 0 radical (unpaired) electrons. The highest BCUT2D eigenvalue weighted by Crippen LogP contribution is 2.21. The maximum absolute atomic E-state index is 10.4. The first-order valence-corrected chi connectivity index (χ1v) is 6.78. The summed E-state index contributed by atoms with van der Waals surface area (Å²) < 4.78 is 7.08. The Bertz CT molecular complexity index is 767. The summed E-state index contributed by atoms with van der Waals surface area (Å²) in [6.45, 7) is 0. The number of nitrogens with zero attached hydrogens (tertiary/aromatic N) is 3. The minimum Gasteiger partial charge on any atom is -0.481 e. The Morgan fingerprint density at radius 1 is 1.14 bits per heavy atom. The summed E-state index contributed by atoms with van der Waals surface area (Å²) in [5.74, 6) is 1.32. The molecule has 0 aliphatic rings. The lowest BCUT2D eigenvalue weighted by Crippen LogP contribution is -2.08. The number of aryl methyl sites for hydroxylation is 1. The van der Waals surface area contributed by atoms with Crippen LogP contribution in [-0.4, -0.2) is 26.8 Å². The Kier molecular flexibility index (Phi) is 3.58. The summed E-state index contributed by atoms with van der Waals surface area (Å²) in [5, 5.41) is 10.4. The van der Waals surface area contributed by atoms with E-state index in [0.29, 0.717) is 18.0 Å². The lowest BCUT2D eigenvalue weighted by atomic mass is 10.1. The first-order chi connectivity index (χ1) is 10.2. The highest BCUT2D eigenvalue weighted by atomic mass is 16.5. The van der Waals surface area contributed by atoms with Crippen molar-refractivity contribution in [1.82, 2.24) is 14.5 Å². The van der Waals surface area contributed by atoms with Gasteiger partial charge in [-0.1, -0.05) is 18.2 Å². The second-order valence-corrected chi connectivity index (χ2v) is 4.90. The van der Waals surface area contributed by atoms with Crippen molar-refractivity contribution in [2.75, 3.05) is 7.11 Å². The molecule has 5 nitrogen and oxygen atoms in total. The summed E-state index contributed by atoms with van der Waals surface area (Å²) in [7, 11) is 3.51. The van der Waals surface area contributed by atoms with Gasteiger partial charge < -0.3 is 14.4 Å². The zero-order chi connectivity index (χ0) is 14.8. The van der Waals surface area contributed by atoms with Crippen molar-refractivity contribution in [2.45, 2.75) is 12.5 Å². The molecule has 3 rings (SSSR count). The SMILES string of the molecule is COc1cccc(C(O)Cc2nc3ccccc3n2C)n1. The van der Waals surface area contributed by atoms with Crippen molar-refractivity contribution in [3.05, 3.63) is 54.0 Å². The quantitative estimate of drug-likeness (QED) is 0.798. The van der Waals surface area contributed by atoms with Crippen LogP contribution in [-0.2, 0) is 13.5 Å². The topological polar surface area (TPSA) is 60.2 Å². The number of benzene rings is 1. The Morgan fingerprint density at radius 3 is 2.71 bits per heavy atom. The summed E-state index contributed by atoms with van der Waals surface area (Å²) in [4.78, 5) is 8.83. The van der Waals surface area contributed by atoms with E-state index in [4.69, 9.17) is 4.74 Å². The molecule has 0 bridgehead atoms. The molecule has 0 spiro atoms. The predicted octanol–water partition coefficient (Wildman–Crippen LogP) is 2.25. The van der Waals surface area contributed by atoms with Crippen molar-refractivity contribution < 1.29 is 9.84 Å². The Balaban J connectivity index is 1.88. The van der Waals surface area contributed by atoms with Gasteiger partial charge in [-0.15, -0.1) is 0 Å². The highest BCUT2D eigenvalue weighted by molar-refractivity contribution is 5.75. The maximum atomic E-state index is 10.4. The number of hydrogen-bond acceptors (Lipinski definition) is 4. The number of ether oxygens (including phenoxy) is 1. The molecule has 21 heavy (non-hydrogen) atoms. The van der Waals surface area contributed by atoms with E-state index in [1.54, 1.807) is 19.2 Å². The minimum atomic E-state index is -0.712. The average Bonchev–Trinajstić information content (AvgIpc) is 2.84. The minimum absolute atomic E-state index is 0.408. The van der Waals surface area contributed by atoms with Crippen LogP contribution >= 0.6 is 0 Å². The molecule has 1 atom stereocenters. The summed E-state index contributed by atoms with van der Waals surface area (Å²) in [6.07, 6.45) is -0.304. The van der Waals surface area contributed by atoms with Crippen LogP contribution in [0.25, 0.3) is 11.0 Å². The zero-order valence-corrected chi connectivity index (χ0v) is 12.0. The van der Waals surface area contributed by atoms with Crippen molar-refractivity contribution in [3.63, 3.8) is 0 Å². The van der Waals surface area contributed by atoms with E-state index in [2.05, 4.69) is 9.97 Å². The fourth-order valence-electron chi connectivity index (χ4n) is 2.39. The van der Waals surface area contributed by atoms with Crippen LogP contribution < -0.4 is 4.74 Å². The highest BCUT2D eigenvalue weighted by Gasteiger charge is 2.15. The Labute approximate surface area is 122 Å². The van der Waals surface area contributed by atoms with Gasteiger partial charge in [0.2, 0.25) is 5.88 Å². The normalized spacial score (nSPS) is 12.5. The van der Waals surface area contributed by atoms with E-state index in [-0.39, 0.29) is 0 Å². The molecule has 1 aromatic carbocycles. The maximum Gasteiger partial charge on any atom is 0.213 e. The van der Waals surface area contributed by atoms with Gasteiger partial charge in [0.1, 0.15) is 11.9 Å². The van der Waals surface area contributed by atoms with Crippen molar-refractivity contribution in [1.29, 1.82) is 0 Å². The van der Waals surface area contributed by atoms with Gasteiger partial charge in [-0.3, -0.25) is 0 Å². The predicted molar refractivity (Wildman–Crippen MR) is 80.2 cm³/mol. The first-order valence-electron chi connectivity index (χ1n) is 6.78. The fourth-order valence-corrected chi connectivity index (χ4v) is 2.39. The fraction of sp³-hybridized carbons (Fsp3) is 0.250.